The van der Waals surface area contributed by atoms with Gasteiger partial charge in [0.1, 0.15) is 6.61 Å². The SMILES string of the molecule is C#CCOc1c(Cl)cc(/C=C2/SC(=O)N(CC#C)C2=O)cc1Cl. The van der Waals surface area contributed by atoms with Gasteiger partial charge in [-0.25, -0.2) is 0 Å². The molecule has 116 valence electrons. The minimum absolute atomic E-state index is 0.0315. The van der Waals surface area contributed by atoms with Crippen LogP contribution in [-0.4, -0.2) is 29.2 Å². The summed E-state index contributed by atoms with van der Waals surface area (Å²) >= 11 is 13.0. The van der Waals surface area contributed by atoms with E-state index in [1.165, 1.54) is 6.08 Å². The summed E-state index contributed by atoms with van der Waals surface area (Å²) in [7, 11) is 0. The Kier molecular flexibility index (Phi) is 5.63. The Labute approximate surface area is 147 Å². The molecule has 2 rings (SSSR count). The van der Waals surface area contributed by atoms with Gasteiger partial charge in [0.15, 0.2) is 5.75 Å². The number of carbonyl (C=O) groups is 2. The van der Waals surface area contributed by atoms with Gasteiger partial charge < -0.3 is 4.74 Å². The molecule has 7 heteroatoms. The quantitative estimate of drug-likeness (QED) is 0.603. The fourth-order valence-electron chi connectivity index (χ4n) is 1.79. The van der Waals surface area contributed by atoms with Gasteiger partial charge >= 0.3 is 0 Å². The van der Waals surface area contributed by atoms with Gasteiger partial charge in [-0.15, -0.1) is 12.8 Å². The molecule has 0 aliphatic carbocycles. The summed E-state index contributed by atoms with van der Waals surface area (Å²) in [5.41, 5.74) is 0.555. The molecular formula is C16H9Cl2NO3S. The standard InChI is InChI=1S/C16H9Cl2NO3S/c1-3-5-19-15(20)13(23-16(19)21)9-10-7-11(17)14(12(18)8-10)22-6-4-2/h1-2,7-9H,5-6H2/b13-9+. The van der Waals surface area contributed by atoms with Crippen LogP contribution in [0.5, 0.6) is 5.75 Å². The van der Waals surface area contributed by atoms with Crippen LogP contribution in [0.3, 0.4) is 0 Å². The number of thioether (sulfide) groups is 1. The van der Waals surface area contributed by atoms with Crippen molar-refractivity contribution < 1.29 is 14.3 Å². The maximum atomic E-state index is 12.1. The van der Waals surface area contributed by atoms with E-state index in [0.29, 0.717) is 5.56 Å². The second-order valence-electron chi connectivity index (χ2n) is 4.28. The van der Waals surface area contributed by atoms with Crippen molar-refractivity contribution >= 4 is 52.2 Å². The van der Waals surface area contributed by atoms with E-state index in [4.69, 9.17) is 40.8 Å². The molecule has 1 aliphatic rings. The third-order valence-corrected chi connectivity index (χ3v) is 4.21. The molecule has 1 aromatic carbocycles. The molecule has 0 unspecified atom stereocenters. The van der Waals surface area contributed by atoms with Gasteiger partial charge in [0.2, 0.25) is 0 Å². The van der Waals surface area contributed by atoms with E-state index < -0.39 is 11.1 Å². The number of rotatable bonds is 4. The third-order valence-electron chi connectivity index (χ3n) is 2.74. The first-order valence-electron chi connectivity index (χ1n) is 6.22. The maximum absolute atomic E-state index is 12.1. The normalized spacial score (nSPS) is 15.7. The summed E-state index contributed by atoms with van der Waals surface area (Å²) in [6.45, 7) is -0.0356. The first kappa shape index (κ1) is 17.3. The molecule has 1 aliphatic heterocycles. The van der Waals surface area contributed by atoms with Crippen LogP contribution in [0, 0.1) is 24.7 Å². The topological polar surface area (TPSA) is 46.6 Å². The van der Waals surface area contributed by atoms with Crippen molar-refractivity contribution in [3.8, 4) is 30.4 Å². The first-order valence-corrected chi connectivity index (χ1v) is 7.79. The van der Waals surface area contributed by atoms with Crippen molar-refractivity contribution in [3.05, 3.63) is 32.6 Å². The summed E-state index contributed by atoms with van der Waals surface area (Å²) in [4.78, 5) is 25.1. The molecule has 2 amide bonds. The van der Waals surface area contributed by atoms with E-state index >= 15 is 0 Å². The molecule has 1 saturated heterocycles. The second kappa shape index (κ2) is 7.48. The van der Waals surface area contributed by atoms with E-state index in [9.17, 15) is 9.59 Å². The molecule has 1 aromatic rings. The lowest BCUT2D eigenvalue weighted by atomic mass is 10.2. The van der Waals surface area contributed by atoms with Crippen molar-refractivity contribution in [2.75, 3.05) is 13.2 Å². The van der Waals surface area contributed by atoms with Crippen molar-refractivity contribution in [3.63, 3.8) is 0 Å². The zero-order valence-corrected chi connectivity index (χ0v) is 14.0. The van der Waals surface area contributed by atoms with Crippen molar-refractivity contribution in [1.82, 2.24) is 4.90 Å². The smallest absolute Gasteiger partial charge is 0.294 e. The largest absolute Gasteiger partial charge is 0.478 e. The third kappa shape index (κ3) is 3.83. The monoisotopic (exact) mass is 365 g/mol. The lowest BCUT2D eigenvalue weighted by Gasteiger charge is -2.09. The van der Waals surface area contributed by atoms with Gasteiger partial charge in [-0.05, 0) is 35.5 Å². The molecule has 4 nitrogen and oxygen atoms in total. The molecule has 0 atom stereocenters. The Morgan fingerprint density at radius 1 is 1.22 bits per heavy atom. The van der Waals surface area contributed by atoms with Crippen molar-refractivity contribution in [1.29, 1.82) is 0 Å². The Morgan fingerprint density at radius 3 is 2.43 bits per heavy atom. The Hall–Kier alpha value is -2.05. The molecule has 0 bridgehead atoms. The Balaban J connectivity index is 2.31. The van der Waals surface area contributed by atoms with E-state index in [1.807, 2.05) is 0 Å². The van der Waals surface area contributed by atoms with Crippen LogP contribution in [0.15, 0.2) is 17.0 Å². The van der Waals surface area contributed by atoms with Crippen LogP contribution in [0.2, 0.25) is 10.0 Å². The second-order valence-corrected chi connectivity index (χ2v) is 6.09. The number of hydrogen-bond donors (Lipinski definition) is 0. The molecule has 0 saturated carbocycles. The average Bonchev–Trinajstić information content (AvgIpc) is 2.74. The first-order chi connectivity index (χ1) is 11.0. The zero-order valence-electron chi connectivity index (χ0n) is 11.6. The molecule has 0 radical (unpaired) electrons. The number of nitrogens with zero attached hydrogens (tertiary/aromatic N) is 1. The number of amides is 2. The minimum Gasteiger partial charge on any atom is -0.478 e. The minimum atomic E-state index is -0.446. The van der Waals surface area contributed by atoms with Crippen LogP contribution in [0.4, 0.5) is 4.79 Å². The number of ether oxygens (including phenoxy) is 1. The molecule has 0 spiro atoms. The predicted molar refractivity (Wildman–Crippen MR) is 92.3 cm³/mol. The number of halogens is 2. The Bertz CT molecular complexity index is 766. The maximum Gasteiger partial charge on any atom is 0.294 e. The summed E-state index contributed by atoms with van der Waals surface area (Å²) in [5.74, 6) is 4.40. The molecule has 23 heavy (non-hydrogen) atoms. The summed E-state index contributed by atoms with van der Waals surface area (Å²) in [6, 6.07) is 3.13. The molecular weight excluding hydrogens is 357 g/mol. The Morgan fingerprint density at radius 2 is 1.87 bits per heavy atom. The average molecular weight is 366 g/mol. The fraction of sp³-hybridized carbons (Fsp3) is 0.125. The van der Waals surface area contributed by atoms with Crippen molar-refractivity contribution in [2.45, 2.75) is 0 Å². The van der Waals surface area contributed by atoms with Gasteiger partial charge in [-0.3, -0.25) is 14.5 Å². The van der Waals surface area contributed by atoms with E-state index in [1.54, 1.807) is 12.1 Å². The number of terminal acetylenes is 2. The summed E-state index contributed by atoms with van der Waals surface area (Å²) in [5, 5.41) is 0.0917. The summed E-state index contributed by atoms with van der Waals surface area (Å²) < 4.78 is 5.25. The molecule has 1 heterocycles. The highest BCUT2D eigenvalue weighted by Gasteiger charge is 2.34. The molecule has 0 aromatic heterocycles. The highest BCUT2D eigenvalue weighted by Crippen LogP contribution is 2.37. The highest BCUT2D eigenvalue weighted by molar-refractivity contribution is 8.18. The number of carbonyl (C=O) groups excluding carboxylic acids is 2. The molecule has 0 N–H and O–H groups in total. The lowest BCUT2D eigenvalue weighted by molar-refractivity contribution is -0.122. The van der Waals surface area contributed by atoms with Gasteiger partial charge in [0, 0.05) is 0 Å². The number of benzene rings is 1. The lowest BCUT2D eigenvalue weighted by Crippen LogP contribution is -2.28. The van der Waals surface area contributed by atoms with Gasteiger partial charge in [0.25, 0.3) is 11.1 Å². The van der Waals surface area contributed by atoms with E-state index in [2.05, 4.69) is 11.8 Å². The van der Waals surface area contributed by atoms with Crippen LogP contribution in [0.25, 0.3) is 6.08 Å². The van der Waals surface area contributed by atoms with Crippen LogP contribution in [-0.2, 0) is 4.79 Å². The van der Waals surface area contributed by atoms with E-state index in [-0.39, 0.29) is 33.9 Å². The van der Waals surface area contributed by atoms with E-state index in [0.717, 1.165) is 16.7 Å². The van der Waals surface area contributed by atoms with Gasteiger partial charge in [-0.1, -0.05) is 35.0 Å². The van der Waals surface area contributed by atoms with Crippen molar-refractivity contribution in [2.24, 2.45) is 0 Å². The summed E-state index contributed by atoms with van der Waals surface area (Å²) in [6.07, 6.45) is 11.8. The molecule has 1 fully saturated rings. The zero-order chi connectivity index (χ0) is 17.0. The van der Waals surface area contributed by atoms with Gasteiger partial charge in [0.05, 0.1) is 21.5 Å². The van der Waals surface area contributed by atoms with Crippen LogP contribution >= 0.6 is 35.0 Å². The fourth-order valence-corrected chi connectivity index (χ4v) is 3.24. The van der Waals surface area contributed by atoms with Crippen LogP contribution < -0.4 is 4.74 Å². The predicted octanol–water partition coefficient (Wildman–Crippen LogP) is 3.67. The number of imide groups is 1. The van der Waals surface area contributed by atoms with Crippen LogP contribution in [0.1, 0.15) is 5.56 Å². The number of hydrogen-bond acceptors (Lipinski definition) is 4. The highest BCUT2D eigenvalue weighted by atomic mass is 35.5. The van der Waals surface area contributed by atoms with Gasteiger partial charge in [-0.2, -0.15) is 0 Å².